The summed E-state index contributed by atoms with van der Waals surface area (Å²) in [7, 11) is 2.05. The van der Waals surface area contributed by atoms with Crippen LogP contribution in [0.25, 0.3) is 0 Å². The van der Waals surface area contributed by atoms with Crippen molar-refractivity contribution in [2.45, 2.75) is 25.9 Å². The van der Waals surface area contributed by atoms with Crippen LogP contribution >= 0.6 is 27.3 Å². The Kier molecular flexibility index (Phi) is 6.01. The lowest BCUT2D eigenvalue weighted by atomic mass is 10.2. The molecule has 1 unspecified atom stereocenters. The normalized spacial score (nSPS) is 18.7. The predicted octanol–water partition coefficient (Wildman–Crippen LogP) is 2.15. The van der Waals surface area contributed by atoms with Gasteiger partial charge >= 0.3 is 0 Å². The fourth-order valence-electron chi connectivity index (χ4n) is 2.46. The Hall–Kier alpha value is -0.430. The van der Waals surface area contributed by atoms with E-state index in [4.69, 9.17) is 0 Å². The lowest BCUT2D eigenvalue weighted by Gasteiger charge is -2.27. The van der Waals surface area contributed by atoms with Gasteiger partial charge in [-0.15, -0.1) is 11.3 Å². The number of carbonyl (C=O) groups is 1. The highest BCUT2D eigenvalue weighted by atomic mass is 79.9. The highest BCUT2D eigenvalue weighted by molar-refractivity contribution is 9.11. The first-order valence-electron chi connectivity index (χ1n) is 7.03. The van der Waals surface area contributed by atoms with Gasteiger partial charge in [-0.2, -0.15) is 0 Å². The molecule has 0 saturated carbocycles. The summed E-state index contributed by atoms with van der Waals surface area (Å²) >= 11 is 5.16. The molecule has 1 amide bonds. The summed E-state index contributed by atoms with van der Waals surface area (Å²) in [6.07, 6.45) is 1.13. The largest absolute Gasteiger partial charge is 0.337 e. The first-order valence-corrected chi connectivity index (χ1v) is 8.64. The van der Waals surface area contributed by atoms with Crippen molar-refractivity contribution in [3.63, 3.8) is 0 Å². The van der Waals surface area contributed by atoms with E-state index in [1.54, 1.807) is 11.3 Å². The molecule has 1 fully saturated rings. The van der Waals surface area contributed by atoms with Crippen LogP contribution in [-0.2, 0) is 11.3 Å². The summed E-state index contributed by atoms with van der Waals surface area (Å²) in [5, 5.41) is 3.34. The van der Waals surface area contributed by atoms with Crippen LogP contribution in [0.1, 0.15) is 18.2 Å². The van der Waals surface area contributed by atoms with Crippen LogP contribution in [0, 0.1) is 0 Å². The van der Waals surface area contributed by atoms with Gasteiger partial charge < -0.3 is 10.2 Å². The number of rotatable bonds is 6. The number of nitrogens with one attached hydrogen (secondary N) is 1. The molecule has 20 heavy (non-hydrogen) atoms. The van der Waals surface area contributed by atoms with E-state index in [1.807, 2.05) is 24.9 Å². The molecule has 4 nitrogen and oxygen atoms in total. The molecule has 0 bridgehead atoms. The van der Waals surface area contributed by atoms with Gasteiger partial charge in [0, 0.05) is 24.0 Å². The zero-order valence-electron chi connectivity index (χ0n) is 12.1. The van der Waals surface area contributed by atoms with Crippen LogP contribution in [-0.4, -0.2) is 55.0 Å². The summed E-state index contributed by atoms with van der Waals surface area (Å²) in [5.41, 5.74) is 0. The zero-order valence-corrected chi connectivity index (χ0v) is 14.5. The van der Waals surface area contributed by atoms with Crippen LogP contribution in [0.15, 0.2) is 15.9 Å². The molecule has 0 spiro atoms. The average molecular weight is 360 g/mol. The van der Waals surface area contributed by atoms with Crippen LogP contribution in [0.2, 0.25) is 0 Å². The summed E-state index contributed by atoms with van der Waals surface area (Å²) in [4.78, 5) is 17.7. The van der Waals surface area contributed by atoms with Gasteiger partial charge in [0.25, 0.3) is 0 Å². The van der Waals surface area contributed by atoms with E-state index in [2.05, 4.69) is 32.2 Å². The Morgan fingerprint density at radius 1 is 1.55 bits per heavy atom. The minimum absolute atomic E-state index is 0.214. The third kappa shape index (κ3) is 4.28. The lowest BCUT2D eigenvalue weighted by Crippen LogP contribution is -2.43. The molecule has 1 saturated heterocycles. The molecular weight excluding hydrogens is 338 g/mol. The Balaban J connectivity index is 1.87. The predicted molar refractivity (Wildman–Crippen MR) is 87.0 cm³/mol. The maximum Gasteiger partial charge on any atom is 0.237 e. The molecule has 0 aliphatic carbocycles. The second kappa shape index (κ2) is 7.54. The molecular formula is C14H22BrN3OS. The van der Waals surface area contributed by atoms with Crippen LogP contribution < -0.4 is 5.32 Å². The van der Waals surface area contributed by atoms with Gasteiger partial charge in [0.1, 0.15) is 0 Å². The zero-order chi connectivity index (χ0) is 14.5. The highest BCUT2D eigenvalue weighted by Crippen LogP contribution is 2.23. The second-order valence-corrected chi connectivity index (χ2v) is 7.72. The van der Waals surface area contributed by atoms with Crippen LogP contribution in [0.4, 0.5) is 0 Å². The first kappa shape index (κ1) is 15.9. The smallest absolute Gasteiger partial charge is 0.237 e. The number of hydrogen-bond acceptors (Lipinski definition) is 4. The second-order valence-electron chi connectivity index (χ2n) is 5.18. The van der Waals surface area contributed by atoms with E-state index in [-0.39, 0.29) is 5.91 Å². The van der Waals surface area contributed by atoms with E-state index in [0.29, 0.717) is 19.1 Å². The molecule has 1 aromatic heterocycles. The maximum absolute atomic E-state index is 12.4. The summed E-state index contributed by atoms with van der Waals surface area (Å²) in [6, 6.07) is 4.61. The molecule has 2 rings (SSSR count). The molecule has 112 valence electrons. The van der Waals surface area contributed by atoms with Crippen molar-refractivity contribution >= 4 is 33.2 Å². The first-order chi connectivity index (χ1) is 9.60. The number of nitrogens with zero attached hydrogens (tertiary/aromatic N) is 2. The Morgan fingerprint density at radius 3 is 2.90 bits per heavy atom. The molecule has 1 N–H and O–H groups in total. The molecule has 1 aromatic rings. The standard InChI is InChI=1S/C14H22BrN3OS/c1-3-18(9-12-4-5-13(15)20-12)14(19)10-17(2)11-6-7-16-8-11/h4-5,11,16H,3,6-10H2,1-2H3. The van der Waals surface area contributed by atoms with Crippen molar-refractivity contribution in [1.82, 2.24) is 15.1 Å². The Labute approximate surface area is 133 Å². The SMILES string of the molecule is CCN(Cc1ccc(Br)s1)C(=O)CN(C)C1CCNC1. The van der Waals surface area contributed by atoms with E-state index in [0.717, 1.165) is 29.8 Å². The van der Waals surface area contributed by atoms with Gasteiger partial charge in [-0.05, 0) is 55.0 Å². The Morgan fingerprint density at radius 2 is 2.35 bits per heavy atom. The Bertz CT molecular complexity index is 445. The summed E-state index contributed by atoms with van der Waals surface area (Å²) < 4.78 is 1.12. The summed E-state index contributed by atoms with van der Waals surface area (Å²) in [5.74, 6) is 0.214. The number of halogens is 1. The molecule has 2 heterocycles. The monoisotopic (exact) mass is 359 g/mol. The van der Waals surface area contributed by atoms with Crippen LogP contribution in [0.5, 0.6) is 0 Å². The number of likely N-dealkylation sites (N-methyl/N-ethyl adjacent to an activating group) is 2. The summed E-state index contributed by atoms with van der Waals surface area (Å²) in [6.45, 7) is 6.07. The number of carbonyl (C=O) groups excluding carboxylic acids is 1. The third-order valence-corrected chi connectivity index (χ3v) is 5.36. The fourth-order valence-corrected chi connectivity index (χ4v) is 3.96. The molecule has 1 aliphatic heterocycles. The third-order valence-electron chi connectivity index (χ3n) is 3.75. The molecule has 6 heteroatoms. The molecule has 1 aliphatic rings. The average Bonchev–Trinajstić information content (AvgIpc) is 3.07. The van der Waals surface area contributed by atoms with E-state index in [1.165, 1.54) is 4.88 Å². The van der Waals surface area contributed by atoms with E-state index < -0.39 is 0 Å². The van der Waals surface area contributed by atoms with Crippen molar-refractivity contribution in [1.29, 1.82) is 0 Å². The quantitative estimate of drug-likeness (QED) is 0.845. The van der Waals surface area contributed by atoms with Gasteiger partial charge in [-0.25, -0.2) is 0 Å². The fraction of sp³-hybridized carbons (Fsp3) is 0.643. The van der Waals surface area contributed by atoms with Gasteiger partial charge in [-0.1, -0.05) is 0 Å². The number of amides is 1. The minimum Gasteiger partial charge on any atom is -0.337 e. The number of hydrogen-bond donors (Lipinski definition) is 1. The molecule has 0 radical (unpaired) electrons. The molecule has 1 atom stereocenters. The van der Waals surface area contributed by atoms with Crippen molar-refractivity contribution in [3.8, 4) is 0 Å². The lowest BCUT2D eigenvalue weighted by molar-refractivity contribution is -0.132. The van der Waals surface area contributed by atoms with Crippen LogP contribution in [0.3, 0.4) is 0 Å². The van der Waals surface area contributed by atoms with Crippen molar-refractivity contribution in [3.05, 3.63) is 20.8 Å². The number of thiophene rings is 1. The van der Waals surface area contributed by atoms with Gasteiger partial charge in [0.15, 0.2) is 0 Å². The minimum atomic E-state index is 0.214. The topological polar surface area (TPSA) is 35.6 Å². The van der Waals surface area contributed by atoms with Gasteiger partial charge in [0.05, 0.1) is 16.9 Å². The van der Waals surface area contributed by atoms with Crippen molar-refractivity contribution in [2.75, 3.05) is 33.2 Å². The van der Waals surface area contributed by atoms with Crippen molar-refractivity contribution < 1.29 is 4.79 Å². The van der Waals surface area contributed by atoms with E-state index in [9.17, 15) is 4.79 Å². The van der Waals surface area contributed by atoms with Crippen molar-refractivity contribution in [2.24, 2.45) is 0 Å². The van der Waals surface area contributed by atoms with Gasteiger partial charge in [-0.3, -0.25) is 9.69 Å². The molecule has 0 aromatic carbocycles. The maximum atomic E-state index is 12.4. The van der Waals surface area contributed by atoms with Gasteiger partial charge in [0.2, 0.25) is 5.91 Å². The van der Waals surface area contributed by atoms with E-state index >= 15 is 0 Å². The highest BCUT2D eigenvalue weighted by Gasteiger charge is 2.23.